The minimum Gasteiger partial charge on any atom is -0.349 e. The Labute approximate surface area is 106 Å². The minimum atomic E-state index is -4.56. The number of pyridine rings is 1. The molecule has 0 unspecified atom stereocenters. The van der Waals surface area contributed by atoms with Gasteiger partial charge in [0, 0.05) is 6.04 Å². The molecule has 1 aromatic heterocycles. The topological polar surface area (TPSA) is 42.0 Å². The second-order valence-electron chi connectivity index (χ2n) is 4.13. The third kappa shape index (κ3) is 2.75. The van der Waals surface area contributed by atoms with E-state index in [-0.39, 0.29) is 11.6 Å². The summed E-state index contributed by atoms with van der Waals surface area (Å²) >= 11 is 5.60. The predicted molar refractivity (Wildman–Crippen MR) is 59.4 cm³/mol. The van der Waals surface area contributed by atoms with Gasteiger partial charge >= 0.3 is 6.18 Å². The van der Waals surface area contributed by atoms with Gasteiger partial charge in [-0.05, 0) is 31.4 Å². The number of nitrogens with one attached hydrogen (secondary N) is 1. The van der Waals surface area contributed by atoms with Crippen LogP contribution in [0.2, 0.25) is 5.15 Å². The van der Waals surface area contributed by atoms with Gasteiger partial charge in [-0.15, -0.1) is 0 Å². The van der Waals surface area contributed by atoms with Gasteiger partial charge in [-0.25, -0.2) is 4.98 Å². The van der Waals surface area contributed by atoms with Crippen molar-refractivity contribution >= 4 is 17.5 Å². The summed E-state index contributed by atoms with van der Waals surface area (Å²) in [6.45, 7) is 0. The number of alkyl halides is 3. The van der Waals surface area contributed by atoms with Gasteiger partial charge in [0.25, 0.3) is 5.91 Å². The lowest BCUT2D eigenvalue weighted by Gasteiger charge is -2.26. The Morgan fingerprint density at radius 2 is 2.06 bits per heavy atom. The van der Waals surface area contributed by atoms with Crippen molar-refractivity contribution in [3.63, 3.8) is 0 Å². The monoisotopic (exact) mass is 278 g/mol. The third-order valence-electron chi connectivity index (χ3n) is 2.82. The standard InChI is InChI=1S/C11H10ClF3N2O/c12-9-7(10(18)16-6-2-1-3-6)4-5-8(17-9)11(13,14)15/h4-6H,1-3H2,(H,16,18). The average molecular weight is 279 g/mol. The molecule has 0 aromatic carbocycles. The lowest BCUT2D eigenvalue weighted by molar-refractivity contribution is -0.141. The maximum absolute atomic E-state index is 12.4. The fourth-order valence-electron chi connectivity index (χ4n) is 1.58. The molecule has 0 saturated heterocycles. The van der Waals surface area contributed by atoms with Gasteiger partial charge in [0.1, 0.15) is 10.8 Å². The highest BCUT2D eigenvalue weighted by Crippen LogP contribution is 2.29. The number of carbonyl (C=O) groups is 1. The number of hydrogen-bond donors (Lipinski definition) is 1. The quantitative estimate of drug-likeness (QED) is 0.845. The van der Waals surface area contributed by atoms with Crippen LogP contribution >= 0.6 is 11.6 Å². The molecular weight excluding hydrogens is 269 g/mol. The van der Waals surface area contributed by atoms with Crippen molar-refractivity contribution in [1.82, 2.24) is 10.3 Å². The second kappa shape index (κ2) is 4.76. The number of carbonyl (C=O) groups excluding carboxylic acids is 1. The zero-order valence-electron chi connectivity index (χ0n) is 9.22. The highest BCUT2D eigenvalue weighted by atomic mass is 35.5. The Balaban J connectivity index is 2.16. The van der Waals surface area contributed by atoms with Crippen LogP contribution in [0.5, 0.6) is 0 Å². The van der Waals surface area contributed by atoms with Gasteiger partial charge in [0.05, 0.1) is 5.56 Å². The van der Waals surface area contributed by atoms with Crippen molar-refractivity contribution in [3.8, 4) is 0 Å². The highest BCUT2D eigenvalue weighted by Gasteiger charge is 2.33. The highest BCUT2D eigenvalue weighted by molar-refractivity contribution is 6.32. The Hall–Kier alpha value is -1.30. The van der Waals surface area contributed by atoms with Crippen molar-refractivity contribution < 1.29 is 18.0 Å². The van der Waals surface area contributed by atoms with Crippen LogP contribution in [0.1, 0.15) is 35.3 Å². The van der Waals surface area contributed by atoms with Crippen molar-refractivity contribution in [1.29, 1.82) is 0 Å². The largest absolute Gasteiger partial charge is 0.433 e. The van der Waals surface area contributed by atoms with Crippen LogP contribution in [0.3, 0.4) is 0 Å². The number of halogens is 4. The average Bonchev–Trinajstić information content (AvgIpc) is 2.21. The van der Waals surface area contributed by atoms with Crippen LogP contribution in [-0.4, -0.2) is 16.9 Å². The first-order valence-electron chi connectivity index (χ1n) is 5.42. The van der Waals surface area contributed by atoms with E-state index in [2.05, 4.69) is 10.3 Å². The molecule has 0 bridgehead atoms. The zero-order valence-corrected chi connectivity index (χ0v) is 9.98. The number of amides is 1. The lowest BCUT2D eigenvalue weighted by Crippen LogP contribution is -2.39. The van der Waals surface area contributed by atoms with E-state index < -0.39 is 22.9 Å². The molecule has 1 fully saturated rings. The smallest absolute Gasteiger partial charge is 0.349 e. The molecule has 2 rings (SSSR count). The van der Waals surface area contributed by atoms with Crippen LogP contribution in [-0.2, 0) is 6.18 Å². The fraction of sp³-hybridized carbons (Fsp3) is 0.455. The van der Waals surface area contributed by atoms with E-state index >= 15 is 0 Å². The summed E-state index contributed by atoms with van der Waals surface area (Å²) in [4.78, 5) is 14.9. The van der Waals surface area contributed by atoms with Crippen molar-refractivity contribution in [2.75, 3.05) is 0 Å². The summed E-state index contributed by atoms with van der Waals surface area (Å²) in [6.07, 6.45) is -1.74. The molecule has 7 heteroatoms. The summed E-state index contributed by atoms with van der Waals surface area (Å²) in [7, 11) is 0. The van der Waals surface area contributed by atoms with E-state index in [9.17, 15) is 18.0 Å². The van der Waals surface area contributed by atoms with Gasteiger partial charge in [0.15, 0.2) is 0 Å². The van der Waals surface area contributed by atoms with E-state index in [0.717, 1.165) is 31.4 Å². The first-order chi connectivity index (χ1) is 8.38. The van der Waals surface area contributed by atoms with Crippen molar-refractivity contribution in [2.24, 2.45) is 0 Å². The SMILES string of the molecule is O=C(NC1CCC1)c1ccc(C(F)(F)F)nc1Cl. The van der Waals surface area contributed by atoms with Gasteiger partial charge < -0.3 is 5.32 Å². The number of hydrogen-bond acceptors (Lipinski definition) is 2. The van der Waals surface area contributed by atoms with E-state index in [0.29, 0.717) is 0 Å². The Morgan fingerprint density at radius 3 is 2.50 bits per heavy atom. The summed E-state index contributed by atoms with van der Waals surface area (Å²) in [5.41, 5.74) is -1.13. The third-order valence-corrected chi connectivity index (χ3v) is 3.11. The molecule has 3 nitrogen and oxygen atoms in total. The molecule has 18 heavy (non-hydrogen) atoms. The van der Waals surface area contributed by atoms with Gasteiger partial charge in [0.2, 0.25) is 0 Å². The Bertz CT molecular complexity index is 472. The summed E-state index contributed by atoms with van der Waals surface area (Å²) in [6, 6.07) is 1.89. The minimum absolute atomic E-state index is 0.0310. The molecule has 1 amide bonds. The molecular formula is C11H10ClF3N2O. The Morgan fingerprint density at radius 1 is 1.39 bits per heavy atom. The van der Waals surface area contributed by atoms with E-state index in [1.165, 1.54) is 0 Å². The van der Waals surface area contributed by atoms with Gasteiger partial charge in [-0.3, -0.25) is 4.79 Å². The zero-order chi connectivity index (χ0) is 13.3. The molecule has 1 aliphatic carbocycles. The number of aromatic nitrogens is 1. The van der Waals surface area contributed by atoms with E-state index in [1.54, 1.807) is 0 Å². The van der Waals surface area contributed by atoms with Crippen LogP contribution in [0, 0.1) is 0 Å². The second-order valence-corrected chi connectivity index (χ2v) is 4.49. The van der Waals surface area contributed by atoms with Crippen LogP contribution in [0.15, 0.2) is 12.1 Å². The molecule has 1 aliphatic rings. The lowest BCUT2D eigenvalue weighted by atomic mass is 9.93. The number of nitrogens with zero attached hydrogens (tertiary/aromatic N) is 1. The fourth-order valence-corrected chi connectivity index (χ4v) is 1.82. The number of rotatable bonds is 2. The molecule has 1 heterocycles. The predicted octanol–water partition coefficient (Wildman–Crippen LogP) is 3.04. The molecule has 0 aliphatic heterocycles. The normalized spacial score (nSPS) is 16.2. The maximum atomic E-state index is 12.4. The Kier molecular flexibility index (Phi) is 3.47. The van der Waals surface area contributed by atoms with Gasteiger partial charge in [-0.2, -0.15) is 13.2 Å². The molecule has 0 atom stereocenters. The molecule has 0 spiro atoms. The van der Waals surface area contributed by atoms with Crippen LogP contribution in [0.4, 0.5) is 13.2 Å². The van der Waals surface area contributed by atoms with E-state index in [4.69, 9.17) is 11.6 Å². The summed E-state index contributed by atoms with van der Waals surface area (Å²) in [5.74, 6) is -0.481. The molecule has 1 saturated carbocycles. The molecule has 0 radical (unpaired) electrons. The maximum Gasteiger partial charge on any atom is 0.433 e. The van der Waals surface area contributed by atoms with E-state index in [1.807, 2.05) is 0 Å². The summed E-state index contributed by atoms with van der Waals surface area (Å²) in [5, 5.41) is 2.26. The molecule has 1 N–H and O–H groups in total. The first kappa shape index (κ1) is 13.1. The summed E-state index contributed by atoms with van der Waals surface area (Å²) < 4.78 is 37.1. The van der Waals surface area contributed by atoms with Gasteiger partial charge in [-0.1, -0.05) is 11.6 Å². The first-order valence-corrected chi connectivity index (χ1v) is 5.80. The molecule has 1 aromatic rings. The molecule has 98 valence electrons. The van der Waals surface area contributed by atoms with Crippen LogP contribution < -0.4 is 5.32 Å². The van der Waals surface area contributed by atoms with Crippen LogP contribution in [0.25, 0.3) is 0 Å². The van der Waals surface area contributed by atoms with Crippen molar-refractivity contribution in [3.05, 3.63) is 28.5 Å². The van der Waals surface area contributed by atoms with Crippen molar-refractivity contribution in [2.45, 2.75) is 31.5 Å².